The van der Waals surface area contributed by atoms with Crippen LogP contribution in [-0.4, -0.2) is 26.6 Å². The van der Waals surface area contributed by atoms with Gasteiger partial charge in [-0.3, -0.25) is 9.10 Å². The van der Waals surface area contributed by atoms with Gasteiger partial charge in [-0.15, -0.1) is 0 Å². The van der Waals surface area contributed by atoms with Crippen molar-refractivity contribution < 1.29 is 17.6 Å². The molecule has 1 amide bonds. The maximum atomic E-state index is 13.4. The molecule has 3 aromatic carbocycles. The van der Waals surface area contributed by atoms with Gasteiger partial charge in [0.05, 0.1) is 18.0 Å². The number of anilines is 1. The zero-order chi connectivity index (χ0) is 23.3. The van der Waals surface area contributed by atoms with Crippen LogP contribution in [0.2, 0.25) is 0 Å². The fourth-order valence-corrected chi connectivity index (χ4v) is 4.86. The number of aryl methyl sites for hydroxylation is 1. The zero-order valence-electron chi connectivity index (χ0n) is 18.3. The average molecular weight is 455 g/mol. The Labute approximate surface area is 188 Å². The lowest BCUT2D eigenvalue weighted by Gasteiger charge is -2.31. The molecule has 168 valence electrons. The molecule has 2 unspecified atom stereocenters. The number of carbonyl (C=O) groups excluding carboxylic acids is 1. The van der Waals surface area contributed by atoms with E-state index in [1.807, 2.05) is 61.5 Å². The molecule has 0 aliphatic carbocycles. The minimum Gasteiger partial charge on any atom is -0.343 e. The number of nitrogens with one attached hydrogen (secondary N) is 1. The molecule has 0 fully saturated rings. The van der Waals surface area contributed by atoms with E-state index < -0.39 is 33.8 Å². The lowest BCUT2D eigenvalue weighted by molar-refractivity contribution is -0.122. The van der Waals surface area contributed by atoms with Gasteiger partial charge in [-0.05, 0) is 48.7 Å². The lowest BCUT2D eigenvalue weighted by atomic mass is 9.97. The Kier molecular flexibility index (Phi) is 7.30. The number of sulfonamides is 1. The molecule has 0 aliphatic heterocycles. The van der Waals surface area contributed by atoms with E-state index >= 15 is 0 Å². The van der Waals surface area contributed by atoms with Crippen molar-refractivity contribution in [2.75, 3.05) is 10.6 Å². The summed E-state index contributed by atoms with van der Waals surface area (Å²) >= 11 is 0. The van der Waals surface area contributed by atoms with Crippen molar-refractivity contribution in [2.45, 2.75) is 32.4 Å². The second-order valence-electron chi connectivity index (χ2n) is 7.72. The summed E-state index contributed by atoms with van der Waals surface area (Å²) in [5, 5.41) is 3.03. The van der Waals surface area contributed by atoms with Crippen molar-refractivity contribution in [3.8, 4) is 0 Å². The number of amides is 1. The summed E-state index contributed by atoms with van der Waals surface area (Å²) in [6.45, 7) is 3.73. The molecule has 0 radical (unpaired) electrons. The quantitative estimate of drug-likeness (QED) is 0.542. The molecule has 2 atom stereocenters. The average Bonchev–Trinajstić information content (AvgIpc) is 2.77. The van der Waals surface area contributed by atoms with Crippen LogP contribution in [0.3, 0.4) is 0 Å². The molecule has 0 saturated carbocycles. The fraction of sp³-hybridized carbons (Fsp3) is 0.240. The topological polar surface area (TPSA) is 66.5 Å². The van der Waals surface area contributed by atoms with Crippen LogP contribution >= 0.6 is 0 Å². The summed E-state index contributed by atoms with van der Waals surface area (Å²) in [7, 11) is -3.81. The normalized spacial score (nSPS) is 13.2. The third-order valence-electron chi connectivity index (χ3n) is 5.24. The Balaban J connectivity index is 1.98. The highest BCUT2D eigenvalue weighted by Crippen LogP contribution is 2.26. The number of hydrogen-bond acceptors (Lipinski definition) is 3. The third kappa shape index (κ3) is 5.53. The molecule has 5 nitrogen and oxygen atoms in total. The minimum atomic E-state index is -3.81. The summed E-state index contributed by atoms with van der Waals surface area (Å²) < 4.78 is 39.7. The Morgan fingerprint density at radius 3 is 2.03 bits per heavy atom. The number of carbonyl (C=O) groups is 1. The van der Waals surface area contributed by atoms with Crippen LogP contribution in [0.4, 0.5) is 10.1 Å². The van der Waals surface area contributed by atoms with Crippen LogP contribution in [0.25, 0.3) is 0 Å². The Bertz CT molecular complexity index is 1150. The molecule has 0 aliphatic rings. The molecule has 0 heterocycles. The highest BCUT2D eigenvalue weighted by Gasteiger charge is 2.33. The Hall–Kier alpha value is -3.19. The molecule has 0 saturated heterocycles. The van der Waals surface area contributed by atoms with Gasteiger partial charge in [0.15, 0.2) is 0 Å². The van der Waals surface area contributed by atoms with Gasteiger partial charge in [0.1, 0.15) is 11.9 Å². The van der Waals surface area contributed by atoms with Crippen molar-refractivity contribution >= 4 is 21.6 Å². The second kappa shape index (κ2) is 9.96. The molecule has 0 bridgehead atoms. The van der Waals surface area contributed by atoms with E-state index in [0.717, 1.165) is 27.3 Å². The highest BCUT2D eigenvalue weighted by atomic mass is 32.2. The Morgan fingerprint density at radius 1 is 0.938 bits per heavy atom. The fourth-order valence-electron chi connectivity index (χ4n) is 3.65. The van der Waals surface area contributed by atoms with Crippen LogP contribution in [-0.2, 0) is 14.8 Å². The maximum absolute atomic E-state index is 13.4. The smallest absolute Gasteiger partial charge is 0.244 e. The van der Waals surface area contributed by atoms with Crippen molar-refractivity contribution in [1.82, 2.24) is 5.32 Å². The SMILES string of the molecule is CCC(C(=O)NC(c1ccccc1)c1ccc(C)cc1)N(c1ccc(F)cc1)S(C)(=O)=O. The first kappa shape index (κ1) is 23.5. The number of benzene rings is 3. The first-order chi connectivity index (χ1) is 15.2. The second-order valence-corrected chi connectivity index (χ2v) is 9.58. The predicted molar refractivity (Wildman–Crippen MR) is 125 cm³/mol. The monoisotopic (exact) mass is 454 g/mol. The molecule has 1 N–H and O–H groups in total. The van der Waals surface area contributed by atoms with Crippen LogP contribution in [0.5, 0.6) is 0 Å². The van der Waals surface area contributed by atoms with E-state index in [-0.39, 0.29) is 12.1 Å². The lowest BCUT2D eigenvalue weighted by Crippen LogP contribution is -2.50. The van der Waals surface area contributed by atoms with Crippen LogP contribution in [0.1, 0.15) is 36.1 Å². The van der Waals surface area contributed by atoms with E-state index in [4.69, 9.17) is 0 Å². The third-order valence-corrected chi connectivity index (χ3v) is 6.42. The zero-order valence-corrected chi connectivity index (χ0v) is 19.1. The van der Waals surface area contributed by atoms with Crippen molar-refractivity contribution in [3.63, 3.8) is 0 Å². The Morgan fingerprint density at radius 2 is 1.50 bits per heavy atom. The van der Waals surface area contributed by atoms with Gasteiger partial charge < -0.3 is 5.32 Å². The minimum absolute atomic E-state index is 0.238. The van der Waals surface area contributed by atoms with Crippen molar-refractivity contribution in [3.05, 3.63) is 101 Å². The van der Waals surface area contributed by atoms with E-state index in [0.29, 0.717) is 0 Å². The van der Waals surface area contributed by atoms with E-state index in [1.165, 1.54) is 24.3 Å². The van der Waals surface area contributed by atoms with Crippen LogP contribution in [0, 0.1) is 12.7 Å². The largest absolute Gasteiger partial charge is 0.343 e. The standard InChI is InChI=1S/C25H27FN2O3S/c1-4-23(28(32(3,30)31)22-16-14-21(26)15-17-22)25(29)27-24(19-8-6-5-7-9-19)20-12-10-18(2)11-13-20/h5-17,23-24H,4H2,1-3H3,(H,27,29). The first-order valence-corrected chi connectivity index (χ1v) is 12.2. The van der Waals surface area contributed by atoms with Gasteiger partial charge >= 0.3 is 0 Å². The van der Waals surface area contributed by atoms with Gasteiger partial charge in [0, 0.05) is 0 Å². The molecule has 3 aromatic rings. The van der Waals surface area contributed by atoms with Gasteiger partial charge in [-0.2, -0.15) is 0 Å². The first-order valence-electron chi connectivity index (χ1n) is 10.4. The maximum Gasteiger partial charge on any atom is 0.244 e. The molecule has 0 spiro atoms. The molecule has 3 rings (SSSR count). The predicted octanol–water partition coefficient (Wildman–Crippen LogP) is 4.58. The van der Waals surface area contributed by atoms with Crippen LogP contribution in [0.15, 0.2) is 78.9 Å². The molecular formula is C25H27FN2O3S. The summed E-state index contributed by atoms with van der Waals surface area (Å²) in [6.07, 6.45) is 1.28. The van der Waals surface area contributed by atoms with E-state index in [1.54, 1.807) is 6.92 Å². The molecule has 32 heavy (non-hydrogen) atoms. The summed E-state index contributed by atoms with van der Waals surface area (Å²) in [6, 6.07) is 21.0. The summed E-state index contributed by atoms with van der Waals surface area (Å²) in [5.41, 5.74) is 3.10. The number of nitrogens with zero attached hydrogens (tertiary/aromatic N) is 1. The van der Waals surface area contributed by atoms with Gasteiger partial charge in [-0.1, -0.05) is 67.1 Å². The summed E-state index contributed by atoms with van der Waals surface area (Å²) in [5.74, 6) is -0.917. The van der Waals surface area contributed by atoms with Crippen LogP contribution < -0.4 is 9.62 Å². The number of hydrogen-bond donors (Lipinski definition) is 1. The number of halogens is 1. The van der Waals surface area contributed by atoms with Crippen molar-refractivity contribution in [2.24, 2.45) is 0 Å². The highest BCUT2D eigenvalue weighted by molar-refractivity contribution is 7.92. The molecular weight excluding hydrogens is 427 g/mol. The van der Waals surface area contributed by atoms with Gasteiger partial charge in [-0.25, -0.2) is 12.8 Å². The molecule has 7 heteroatoms. The van der Waals surface area contributed by atoms with Gasteiger partial charge in [0.2, 0.25) is 15.9 Å². The molecule has 0 aromatic heterocycles. The number of rotatable bonds is 8. The van der Waals surface area contributed by atoms with Crippen molar-refractivity contribution in [1.29, 1.82) is 0 Å². The van der Waals surface area contributed by atoms with E-state index in [9.17, 15) is 17.6 Å². The van der Waals surface area contributed by atoms with E-state index in [2.05, 4.69) is 5.32 Å². The van der Waals surface area contributed by atoms with Gasteiger partial charge in [0.25, 0.3) is 0 Å². The summed E-state index contributed by atoms with van der Waals surface area (Å²) in [4.78, 5) is 13.4.